The van der Waals surface area contributed by atoms with Gasteiger partial charge in [-0.05, 0) is 18.8 Å². The number of rotatable bonds is 3. The molecule has 0 saturated carbocycles. The summed E-state index contributed by atoms with van der Waals surface area (Å²) in [6.45, 7) is 3.26. The van der Waals surface area contributed by atoms with Crippen molar-refractivity contribution in [1.29, 1.82) is 0 Å². The lowest BCUT2D eigenvalue weighted by Gasteiger charge is -2.33. The van der Waals surface area contributed by atoms with Crippen LogP contribution in [-0.2, 0) is 19.4 Å². The molecule has 2 atom stereocenters. The molecule has 20 heavy (non-hydrogen) atoms. The van der Waals surface area contributed by atoms with Crippen LogP contribution < -0.4 is 5.32 Å². The highest BCUT2D eigenvalue weighted by molar-refractivity contribution is 7.92. The lowest BCUT2D eigenvalue weighted by atomic mass is 9.92. The number of carbonyl (C=O) groups is 3. The van der Waals surface area contributed by atoms with Crippen LogP contribution in [0.4, 0.5) is 4.79 Å². The number of nitrogens with one attached hydrogen (secondary N) is 1. The molecule has 0 bridgehead atoms. The molecule has 2 aliphatic heterocycles. The average Bonchev–Trinajstić information content (AvgIpc) is 2.62. The number of urea groups is 1. The van der Waals surface area contributed by atoms with Crippen LogP contribution in [0, 0.1) is 11.8 Å². The van der Waals surface area contributed by atoms with Gasteiger partial charge in [-0.3, -0.25) is 19.8 Å². The maximum absolute atomic E-state index is 12.2. The third-order valence-electron chi connectivity index (χ3n) is 3.81. The summed E-state index contributed by atoms with van der Waals surface area (Å²) in [5, 5.41) is 1.41. The summed E-state index contributed by atoms with van der Waals surface area (Å²) in [7, 11) is -3.24. The summed E-state index contributed by atoms with van der Waals surface area (Å²) in [5.74, 6) is -2.31. The molecule has 0 aromatic rings. The minimum absolute atomic E-state index is 0.0911. The fourth-order valence-corrected chi connectivity index (χ4v) is 4.46. The molecule has 2 aliphatic rings. The number of sulfone groups is 1. The molecule has 2 heterocycles. The summed E-state index contributed by atoms with van der Waals surface area (Å²) in [6, 6.07) is -0.820. The van der Waals surface area contributed by atoms with E-state index < -0.39 is 38.9 Å². The van der Waals surface area contributed by atoms with Gasteiger partial charge in [0.25, 0.3) is 0 Å². The van der Waals surface area contributed by atoms with Crippen LogP contribution in [0.25, 0.3) is 0 Å². The first kappa shape index (κ1) is 15.0. The van der Waals surface area contributed by atoms with Gasteiger partial charge >= 0.3 is 6.03 Å². The number of nitrogens with zero attached hydrogens (tertiary/aromatic N) is 1. The number of amides is 4. The standard InChI is InChI=1S/C12H18N2O5S/c1-7(2)9-10(15)13-12(17)14(11(9)16)6-8-4-3-5-20(8,18)19/h7-9H,3-6H2,1-2H3,(H,13,15,17). The monoisotopic (exact) mass is 302 g/mol. The maximum atomic E-state index is 12.2. The van der Waals surface area contributed by atoms with Gasteiger partial charge in [0.1, 0.15) is 5.92 Å². The third-order valence-corrected chi connectivity index (χ3v) is 6.06. The van der Waals surface area contributed by atoms with Crippen LogP contribution in [0.5, 0.6) is 0 Å². The number of carbonyl (C=O) groups excluding carboxylic acids is 3. The van der Waals surface area contributed by atoms with Crippen molar-refractivity contribution in [2.45, 2.75) is 31.9 Å². The van der Waals surface area contributed by atoms with Crippen molar-refractivity contribution >= 4 is 27.7 Å². The Hall–Kier alpha value is -1.44. The highest BCUT2D eigenvalue weighted by atomic mass is 32.2. The van der Waals surface area contributed by atoms with E-state index in [4.69, 9.17) is 0 Å². The van der Waals surface area contributed by atoms with Crippen LogP contribution in [0.1, 0.15) is 26.7 Å². The van der Waals surface area contributed by atoms with Crippen molar-refractivity contribution < 1.29 is 22.8 Å². The van der Waals surface area contributed by atoms with Gasteiger partial charge in [0, 0.05) is 6.54 Å². The zero-order valence-electron chi connectivity index (χ0n) is 11.5. The third kappa shape index (κ3) is 2.56. The van der Waals surface area contributed by atoms with Gasteiger partial charge < -0.3 is 0 Å². The first-order valence-electron chi connectivity index (χ1n) is 6.62. The van der Waals surface area contributed by atoms with Crippen LogP contribution in [-0.4, -0.2) is 48.7 Å². The van der Waals surface area contributed by atoms with Crippen molar-refractivity contribution in [2.24, 2.45) is 11.8 Å². The van der Waals surface area contributed by atoms with E-state index in [2.05, 4.69) is 5.32 Å². The lowest BCUT2D eigenvalue weighted by Crippen LogP contribution is -2.60. The van der Waals surface area contributed by atoms with E-state index in [9.17, 15) is 22.8 Å². The van der Waals surface area contributed by atoms with E-state index >= 15 is 0 Å². The van der Waals surface area contributed by atoms with Crippen molar-refractivity contribution in [3.05, 3.63) is 0 Å². The number of imide groups is 2. The van der Waals surface area contributed by atoms with Gasteiger partial charge in [0.2, 0.25) is 11.8 Å². The second-order valence-corrected chi connectivity index (χ2v) is 8.00. The van der Waals surface area contributed by atoms with Gasteiger partial charge in [-0.1, -0.05) is 13.8 Å². The molecule has 2 fully saturated rings. The fraction of sp³-hybridized carbons (Fsp3) is 0.750. The van der Waals surface area contributed by atoms with Crippen molar-refractivity contribution in [1.82, 2.24) is 10.2 Å². The molecule has 8 heteroatoms. The van der Waals surface area contributed by atoms with E-state index in [1.165, 1.54) is 0 Å². The van der Waals surface area contributed by atoms with Crippen LogP contribution in [0.3, 0.4) is 0 Å². The quantitative estimate of drug-likeness (QED) is 0.735. The second kappa shape index (κ2) is 5.16. The summed E-state index contributed by atoms with van der Waals surface area (Å²) in [5.41, 5.74) is 0. The van der Waals surface area contributed by atoms with Crippen molar-refractivity contribution in [3.63, 3.8) is 0 Å². The Morgan fingerprint density at radius 3 is 2.45 bits per heavy atom. The molecule has 112 valence electrons. The number of hydrogen-bond acceptors (Lipinski definition) is 5. The van der Waals surface area contributed by atoms with E-state index in [1.807, 2.05) is 0 Å². The molecule has 0 aromatic carbocycles. The highest BCUT2D eigenvalue weighted by Gasteiger charge is 2.44. The van der Waals surface area contributed by atoms with Crippen LogP contribution in [0.2, 0.25) is 0 Å². The topological polar surface area (TPSA) is 101 Å². The van der Waals surface area contributed by atoms with Gasteiger partial charge in [-0.25, -0.2) is 13.2 Å². The van der Waals surface area contributed by atoms with Crippen LogP contribution >= 0.6 is 0 Å². The Labute approximate surface area is 117 Å². The van der Waals surface area contributed by atoms with E-state index in [0.717, 1.165) is 4.90 Å². The predicted octanol–water partition coefficient (Wildman–Crippen LogP) is -0.0858. The Balaban J connectivity index is 2.20. The SMILES string of the molecule is CC(C)C1C(=O)NC(=O)N(CC2CCCS2(=O)=O)C1=O. The van der Waals surface area contributed by atoms with Gasteiger partial charge in [-0.2, -0.15) is 0 Å². The Kier molecular flexibility index (Phi) is 3.86. The molecule has 1 N–H and O–H groups in total. The fourth-order valence-electron chi connectivity index (χ4n) is 2.66. The summed E-state index contributed by atoms with van der Waals surface area (Å²) in [6.07, 6.45) is 0.989. The average molecular weight is 302 g/mol. The summed E-state index contributed by atoms with van der Waals surface area (Å²) in [4.78, 5) is 36.5. The number of barbiturate groups is 1. The van der Waals surface area contributed by atoms with Crippen LogP contribution in [0.15, 0.2) is 0 Å². The molecule has 0 aromatic heterocycles. The van der Waals surface area contributed by atoms with E-state index in [1.54, 1.807) is 13.8 Å². The normalized spacial score (nSPS) is 29.9. The minimum Gasteiger partial charge on any atom is -0.277 e. The molecule has 0 spiro atoms. The molecule has 0 aliphatic carbocycles. The van der Waals surface area contributed by atoms with Gasteiger partial charge in [-0.15, -0.1) is 0 Å². The molecule has 2 rings (SSSR count). The molecule has 4 amide bonds. The zero-order valence-corrected chi connectivity index (χ0v) is 12.3. The molecular formula is C12H18N2O5S. The Morgan fingerprint density at radius 1 is 1.30 bits per heavy atom. The summed E-state index contributed by atoms with van der Waals surface area (Å²) >= 11 is 0. The smallest absolute Gasteiger partial charge is 0.277 e. The molecule has 7 nitrogen and oxygen atoms in total. The molecule has 2 unspecified atom stereocenters. The number of hydrogen-bond donors (Lipinski definition) is 1. The largest absolute Gasteiger partial charge is 0.330 e. The van der Waals surface area contributed by atoms with Crippen molar-refractivity contribution in [3.8, 4) is 0 Å². The Bertz CT molecular complexity index is 554. The molecule has 2 saturated heterocycles. The second-order valence-electron chi connectivity index (χ2n) is 5.60. The molecular weight excluding hydrogens is 284 g/mol. The first-order chi connectivity index (χ1) is 9.24. The highest BCUT2D eigenvalue weighted by Crippen LogP contribution is 2.24. The summed E-state index contributed by atoms with van der Waals surface area (Å²) < 4.78 is 23.6. The zero-order chi connectivity index (χ0) is 15.1. The van der Waals surface area contributed by atoms with E-state index in [0.29, 0.717) is 12.8 Å². The van der Waals surface area contributed by atoms with Gasteiger partial charge in [0.15, 0.2) is 9.84 Å². The lowest BCUT2D eigenvalue weighted by molar-refractivity contribution is -0.144. The predicted molar refractivity (Wildman–Crippen MR) is 70.4 cm³/mol. The minimum atomic E-state index is -3.24. The Morgan fingerprint density at radius 2 is 1.95 bits per heavy atom. The van der Waals surface area contributed by atoms with Crippen molar-refractivity contribution in [2.75, 3.05) is 12.3 Å². The maximum Gasteiger partial charge on any atom is 0.330 e. The van der Waals surface area contributed by atoms with Gasteiger partial charge in [0.05, 0.1) is 11.0 Å². The molecule has 0 radical (unpaired) electrons. The first-order valence-corrected chi connectivity index (χ1v) is 8.33. The van der Waals surface area contributed by atoms with E-state index in [-0.39, 0.29) is 18.2 Å².